The Morgan fingerprint density at radius 1 is 1.17 bits per heavy atom. The smallest absolute Gasteiger partial charge is 0.318 e. The zero-order valence-electron chi connectivity index (χ0n) is 18.4. The van der Waals surface area contributed by atoms with Gasteiger partial charge in [0.15, 0.2) is 5.82 Å². The van der Waals surface area contributed by atoms with E-state index in [1.807, 2.05) is 6.92 Å². The van der Waals surface area contributed by atoms with Gasteiger partial charge in [-0.1, -0.05) is 12.1 Å². The summed E-state index contributed by atoms with van der Waals surface area (Å²) < 4.78 is 5.32. The second kappa shape index (κ2) is 11.3. The van der Waals surface area contributed by atoms with E-state index in [-0.39, 0.29) is 18.0 Å². The average molecular weight is 421 g/mol. The molecule has 0 aromatic carbocycles. The number of piperidine rings is 1. The number of carbonyl (C=O) groups is 2. The van der Waals surface area contributed by atoms with Crippen LogP contribution in [0.2, 0.25) is 0 Å². The van der Waals surface area contributed by atoms with Gasteiger partial charge in [0.05, 0.1) is 6.04 Å². The summed E-state index contributed by atoms with van der Waals surface area (Å²) >= 11 is 0. The highest BCUT2D eigenvalue weighted by Gasteiger charge is 2.33. The molecule has 168 valence electrons. The number of hydrogen-bond acceptors (Lipinski definition) is 6. The van der Waals surface area contributed by atoms with Gasteiger partial charge in [0.2, 0.25) is 11.8 Å². The minimum atomic E-state index is -0.152. The first-order valence-corrected chi connectivity index (χ1v) is 11.4. The van der Waals surface area contributed by atoms with E-state index < -0.39 is 0 Å². The van der Waals surface area contributed by atoms with Crippen LogP contribution in [0, 0.1) is 5.92 Å². The van der Waals surface area contributed by atoms with Crippen LogP contribution in [0.4, 0.5) is 4.79 Å². The molecule has 2 fully saturated rings. The predicted octanol–water partition coefficient (Wildman–Crippen LogP) is 2.11. The van der Waals surface area contributed by atoms with Crippen LogP contribution in [-0.4, -0.2) is 71.1 Å². The molecule has 2 aliphatic rings. The van der Waals surface area contributed by atoms with Crippen molar-refractivity contribution in [3.8, 4) is 0 Å². The number of aryl methyl sites for hydroxylation is 1. The van der Waals surface area contributed by atoms with Crippen molar-refractivity contribution in [3.05, 3.63) is 11.7 Å². The lowest BCUT2D eigenvalue weighted by molar-refractivity contribution is -0.121. The van der Waals surface area contributed by atoms with Crippen LogP contribution in [0.5, 0.6) is 0 Å². The first-order chi connectivity index (χ1) is 14.6. The van der Waals surface area contributed by atoms with Gasteiger partial charge in [-0.05, 0) is 64.6 Å². The van der Waals surface area contributed by atoms with Crippen molar-refractivity contribution in [3.63, 3.8) is 0 Å². The molecule has 3 heterocycles. The summed E-state index contributed by atoms with van der Waals surface area (Å²) in [6, 6.07) is -0.245. The Morgan fingerprint density at radius 3 is 2.73 bits per heavy atom. The standard InChI is InChI=1S/C21H36N6O3/c1-3-22-21(29)27-13-4-6-17(27)20-24-19(30-25-20)8-7-18(28)23-11-5-12-26-14-9-16(2)10-15-26/h16-17H,3-15H2,1-2H3,(H,22,29)(H,23,28). The Kier molecular flexibility index (Phi) is 8.48. The van der Waals surface area contributed by atoms with Crippen LogP contribution in [0.15, 0.2) is 4.52 Å². The molecule has 1 unspecified atom stereocenters. The predicted molar refractivity (Wildman–Crippen MR) is 113 cm³/mol. The van der Waals surface area contributed by atoms with E-state index in [0.717, 1.165) is 31.7 Å². The fourth-order valence-electron chi connectivity index (χ4n) is 4.16. The van der Waals surface area contributed by atoms with E-state index in [9.17, 15) is 9.59 Å². The van der Waals surface area contributed by atoms with Crippen LogP contribution in [0.1, 0.15) is 70.1 Å². The van der Waals surface area contributed by atoms with E-state index in [1.165, 1.54) is 25.9 Å². The van der Waals surface area contributed by atoms with Crippen molar-refractivity contribution in [1.82, 2.24) is 30.6 Å². The maximum absolute atomic E-state index is 12.2. The summed E-state index contributed by atoms with van der Waals surface area (Å²) in [5.41, 5.74) is 0. The highest BCUT2D eigenvalue weighted by atomic mass is 16.5. The molecule has 9 heteroatoms. The number of carbonyl (C=O) groups excluding carboxylic acids is 2. The molecule has 2 N–H and O–H groups in total. The summed E-state index contributed by atoms with van der Waals surface area (Å²) in [6.07, 6.45) is 6.02. The lowest BCUT2D eigenvalue weighted by Gasteiger charge is -2.30. The molecule has 1 aromatic rings. The van der Waals surface area contributed by atoms with E-state index >= 15 is 0 Å². The maximum Gasteiger partial charge on any atom is 0.318 e. The molecule has 0 spiro atoms. The zero-order valence-corrected chi connectivity index (χ0v) is 18.4. The molecule has 2 saturated heterocycles. The molecule has 0 aliphatic carbocycles. The minimum absolute atomic E-state index is 0.00633. The van der Waals surface area contributed by atoms with Crippen molar-refractivity contribution in [2.45, 2.75) is 64.8 Å². The largest absolute Gasteiger partial charge is 0.356 e. The number of aromatic nitrogens is 2. The highest BCUT2D eigenvalue weighted by Crippen LogP contribution is 2.30. The van der Waals surface area contributed by atoms with Gasteiger partial charge in [-0.15, -0.1) is 0 Å². The van der Waals surface area contributed by atoms with E-state index in [2.05, 4.69) is 32.6 Å². The van der Waals surface area contributed by atoms with E-state index in [0.29, 0.717) is 44.2 Å². The van der Waals surface area contributed by atoms with Crippen LogP contribution in [-0.2, 0) is 11.2 Å². The number of urea groups is 1. The Hall–Kier alpha value is -2.16. The van der Waals surface area contributed by atoms with Gasteiger partial charge in [-0.25, -0.2) is 4.79 Å². The lowest BCUT2D eigenvalue weighted by Crippen LogP contribution is -2.39. The fourth-order valence-corrected chi connectivity index (χ4v) is 4.16. The number of nitrogens with zero attached hydrogens (tertiary/aromatic N) is 4. The Morgan fingerprint density at radius 2 is 1.97 bits per heavy atom. The zero-order chi connectivity index (χ0) is 21.3. The quantitative estimate of drug-likeness (QED) is 0.593. The summed E-state index contributed by atoms with van der Waals surface area (Å²) in [7, 11) is 0. The molecule has 1 atom stereocenters. The van der Waals surface area contributed by atoms with E-state index in [1.54, 1.807) is 4.90 Å². The number of amides is 3. The normalized spacial score (nSPS) is 20.5. The van der Waals surface area contributed by atoms with Gasteiger partial charge in [-0.3, -0.25) is 4.79 Å². The molecule has 2 aliphatic heterocycles. The summed E-state index contributed by atoms with van der Waals surface area (Å²) in [5.74, 6) is 1.83. The van der Waals surface area contributed by atoms with Crippen molar-refractivity contribution < 1.29 is 14.1 Å². The Labute approximate surface area is 178 Å². The highest BCUT2D eigenvalue weighted by molar-refractivity contribution is 5.76. The first-order valence-electron chi connectivity index (χ1n) is 11.4. The third-order valence-corrected chi connectivity index (χ3v) is 6.04. The van der Waals surface area contributed by atoms with Crippen molar-refractivity contribution in [2.75, 3.05) is 39.3 Å². The fraction of sp³-hybridized carbons (Fsp3) is 0.810. The molecular weight excluding hydrogens is 384 g/mol. The van der Waals surface area contributed by atoms with Gasteiger partial charge in [0.25, 0.3) is 0 Å². The molecule has 9 nitrogen and oxygen atoms in total. The molecule has 1 aromatic heterocycles. The summed E-state index contributed by atoms with van der Waals surface area (Å²) in [4.78, 5) is 33.0. The third-order valence-electron chi connectivity index (χ3n) is 6.04. The molecule has 3 amide bonds. The monoisotopic (exact) mass is 420 g/mol. The first kappa shape index (κ1) is 22.5. The molecular formula is C21H36N6O3. The lowest BCUT2D eigenvalue weighted by atomic mass is 9.99. The van der Waals surface area contributed by atoms with Crippen LogP contribution < -0.4 is 10.6 Å². The number of likely N-dealkylation sites (tertiary alicyclic amines) is 2. The molecule has 0 radical (unpaired) electrons. The molecule has 30 heavy (non-hydrogen) atoms. The van der Waals surface area contributed by atoms with Gasteiger partial charge < -0.3 is 25.0 Å². The van der Waals surface area contributed by atoms with Crippen molar-refractivity contribution in [1.29, 1.82) is 0 Å². The SMILES string of the molecule is CCNC(=O)N1CCCC1c1noc(CCC(=O)NCCCN2CCC(C)CC2)n1. The van der Waals surface area contributed by atoms with Crippen LogP contribution in [0.3, 0.4) is 0 Å². The minimum Gasteiger partial charge on any atom is -0.356 e. The second-order valence-corrected chi connectivity index (χ2v) is 8.46. The van der Waals surface area contributed by atoms with Gasteiger partial charge in [0, 0.05) is 32.5 Å². The summed E-state index contributed by atoms with van der Waals surface area (Å²) in [5, 5.41) is 9.87. The number of hydrogen-bond donors (Lipinski definition) is 2. The molecule has 3 rings (SSSR count). The molecule has 0 saturated carbocycles. The van der Waals surface area contributed by atoms with Gasteiger partial charge in [-0.2, -0.15) is 4.98 Å². The Balaban J connectivity index is 1.34. The van der Waals surface area contributed by atoms with Crippen LogP contribution >= 0.6 is 0 Å². The van der Waals surface area contributed by atoms with Gasteiger partial charge in [0.1, 0.15) is 0 Å². The molecule has 0 bridgehead atoms. The topological polar surface area (TPSA) is 104 Å². The third kappa shape index (κ3) is 6.42. The Bertz CT molecular complexity index is 686. The van der Waals surface area contributed by atoms with Crippen LogP contribution in [0.25, 0.3) is 0 Å². The van der Waals surface area contributed by atoms with Gasteiger partial charge >= 0.3 is 6.03 Å². The summed E-state index contributed by atoms with van der Waals surface area (Å²) in [6.45, 7) is 9.59. The van der Waals surface area contributed by atoms with Crippen molar-refractivity contribution >= 4 is 11.9 Å². The van der Waals surface area contributed by atoms with E-state index in [4.69, 9.17) is 4.52 Å². The number of rotatable bonds is 9. The second-order valence-electron chi connectivity index (χ2n) is 8.46. The number of nitrogens with one attached hydrogen (secondary N) is 2. The average Bonchev–Trinajstić information content (AvgIpc) is 3.40. The maximum atomic E-state index is 12.2. The van der Waals surface area contributed by atoms with Crippen molar-refractivity contribution in [2.24, 2.45) is 5.92 Å².